The molecule has 0 saturated carbocycles. The van der Waals surface area contributed by atoms with Crippen molar-refractivity contribution in [3.05, 3.63) is 117 Å². The summed E-state index contributed by atoms with van der Waals surface area (Å²) in [4.78, 5) is 31.7. The van der Waals surface area contributed by atoms with Gasteiger partial charge >= 0.3 is 0 Å². The van der Waals surface area contributed by atoms with Gasteiger partial charge in [0, 0.05) is 24.9 Å². The lowest BCUT2D eigenvalue weighted by atomic mass is 9.87. The first-order valence-electron chi connectivity index (χ1n) is 12.5. The number of ether oxygens (including phenoxy) is 1. The molecule has 1 aliphatic heterocycles. The number of nitrogens with zero attached hydrogens (tertiary/aromatic N) is 2. The number of benzene rings is 3. The molecule has 0 fully saturated rings. The molecular formula is C30H29N3O3S. The molecule has 5 rings (SSSR count). The van der Waals surface area contributed by atoms with Gasteiger partial charge in [-0.1, -0.05) is 73.7 Å². The van der Waals surface area contributed by atoms with Crippen LogP contribution in [0.1, 0.15) is 57.1 Å². The molecule has 188 valence electrons. The van der Waals surface area contributed by atoms with Crippen molar-refractivity contribution in [1.29, 1.82) is 0 Å². The second kappa shape index (κ2) is 11.4. The number of carbonyl (C=O) groups excluding carboxylic acids is 2. The summed E-state index contributed by atoms with van der Waals surface area (Å²) in [7, 11) is 0. The monoisotopic (exact) mass is 511 g/mol. The lowest BCUT2D eigenvalue weighted by molar-refractivity contribution is -0.132. The van der Waals surface area contributed by atoms with Crippen LogP contribution in [0.3, 0.4) is 0 Å². The Kier molecular flexibility index (Phi) is 7.61. The average molecular weight is 512 g/mol. The zero-order chi connectivity index (χ0) is 25.6. The van der Waals surface area contributed by atoms with Crippen LogP contribution in [-0.4, -0.2) is 28.2 Å². The second-order valence-corrected chi connectivity index (χ2v) is 9.89. The number of hydrogen-bond donors (Lipinski definition) is 1. The van der Waals surface area contributed by atoms with Gasteiger partial charge in [0.05, 0.1) is 6.04 Å². The third-order valence-corrected chi connectivity index (χ3v) is 7.35. The smallest absolute Gasteiger partial charge is 0.271 e. The fraction of sp³-hybridized carbons (Fsp3) is 0.233. The third-order valence-electron chi connectivity index (χ3n) is 6.53. The van der Waals surface area contributed by atoms with Gasteiger partial charge in [0.15, 0.2) is 0 Å². The van der Waals surface area contributed by atoms with Crippen molar-refractivity contribution in [2.45, 2.75) is 39.0 Å². The molecule has 1 aliphatic rings. The Labute approximate surface area is 220 Å². The molecule has 0 radical (unpaired) electrons. The molecule has 1 atom stereocenters. The molecule has 6 nitrogen and oxygen atoms in total. The maximum atomic E-state index is 12.8. The first kappa shape index (κ1) is 24.7. The SMILES string of the molecule is CCC(=O)N1CCc2ccc(OCc3nc(C(=O)NCc4ccccc4)cs3)cc2C1c1ccccc1. The summed E-state index contributed by atoms with van der Waals surface area (Å²) in [6, 6.07) is 25.9. The number of carbonyl (C=O) groups is 2. The van der Waals surface area contributed by atoms with Crippen LogP contribution in [-0.2, 0) is 24.4 Å². The molecule has 2 heterocycles. The van der Waals surface area contributed by atoms with E-state index in [1.54, 1.807) is 5.38 Å². The molecule has 0 aliphatic carbocycles. The van der Waals surface area contributed by atoms with E-state index in [0.717, 1.165) is 33.9 Å². The second-order valence-electron chi connectivity index (χ2n) is 8.95. The van der Waals surface area contributed by atoms with Crippen molar-refractivity contribution < 1.29 is 14.3 Å². The van der Waals surface area contributed by atoms with E-state index in [1.165, 1.54) is 16.9 Å². The van der Waals surface area contributed by atoms with Crippen LogP contribution in [0.25, 0.3) is 0 Å². The molecule has 3 aromatic carbocycles. The molecule has 4 aromatic rings. The van der Waals surface area contributed by atoms with E-state index in [4.69, 9.17) is 4.74 Å². The van der Waals surface area contributed by atoms with Crippen LogP contribution in [0.4, 0.5) is 0 Å². The average Bonchev–Trinajstić information content (AvgIpc) is 3.44. The van der Waals surface area contributed by atoms with E-state index in [1.807, 2.05) is 72.5 Å². The van der Waals surface area contributed by atoms with Gasteiger partial charge in [-0.2, -0.15) is 0 Å². The number of hydrogen-bond acceptors (Lipinski definition) is 5. The van der Waals surface area contributed by atoms with Crippen molar-refractivity contribution >= 4 is 23.2 Å². The number of aromatic nitrogens is 1. The molecular weight excluding hydrogens is 482 g/mol. The normalized spacial score (nSPS) is 14.6. The summed E-state index contributed by atoms with van der Waals surface area (Å²) in [5, 5.41) is 5.39. The Morgan fingerprint density at radius 1 is 1.05 bits per heavy atom. The van der Waals surface area contributed by atoms with Crippen LogP contribution in [0.2, 0.25) is 0 Å². The van der Waals surface area contributed by atoms with Crippen LogP contribution >= 0.6 is 11.3 Å². The summed E-state index contributed by atoms with van der Waals surface area (Å²) >= 11 is 1.40. The first-order valence-corrected chi connectivity index (χ1v) is 13.4. The highest BCUT2D eigenvalue weighted by Crippen LogP contribution is 2.37. The highest BCUT2D eigenvalue weighted by Gasteiger charge is 2.31. The predicted octanol–water partition coefficient (Wildman–Crippen LogP) is 5.54. The molecule has 2 amide bonds. The molecule has 0 bridgehead atoms. The molecule has 37 heavy (non-hydrogen) atoms. The fourth-order valence-corrected chi connectivity index (χ4v) is 5.33. The lowest BCUT2D eigenvalue weighted by Crippen LogP contribution is -2.40. The van der Waals surface area contributed by atoms with Gasteiger partial charge in [-0.05, 0) is 40.8 Å². The van der Waals surface area contributed by atoms with E-state index in [2.05, 4.69) is 28.5 Å². The minimum absolute atomic E-state index is 0.138. The summed E-state index contributed by atoms with van der Waals surface area (Å²) < 4.78 is 6.10. The molecule has 0 spiro atoms. The number of amides is 2. The minimum Gasteiger partial charge on any atom is -0.486 e. The molecule has 1 N–H and O–H groups in total. The summed E-state index contributed by atoms with van der Waals surface area (Å²) in [6.45, 7) is 3.33. The Morgan fingerprint density at radius 2 is 1.81 bits per heavy atom. The standard InChI is InChI=1S/C30H29N3O3S/c1-2-28(34)33-16-15-22-13-14-24(17-25(22)29(33)23-11-7-4-8-12-23)36-19-27-32-26(20-37-27)30(35)31-18-21-9-5-3-6-10-21/h3-14,17,20,29H,2,15-16,18-19H2,1H3,(H,31,35). The van der Waals surface area contributed by atoms with Crippen molar-refractivity contribution in [1.82, 2.24) is 15.2 Å². The topological polar surface area (TPSA) is 71.5 Å². The van der Waals surface area contributed by atoms with E-state index in [0.29, 0.717) is 25.2 Å². The number of thiazole rings is 1. The highest BCUT2D eigenvalue weighted by molar-refractivity contribution is 7.09. The number of nitrogens with one attached hydrogen (secondary N) is 1. The van der Waals surface area contributed by atoms with Gasteiger partial charge in [-0.15, -0.1) is 11.3 Å². The van der Waals surface area contributed by atoms with Gasteiger partial charge in [0.1, 0.15) is 23.1 Å². The van der Waals surface area contributed by atoms with Gasteiger partial charge < -0.3 is 15.0 Å². The Bertz CT molecular complexity index is 1370. The van der Waals surface area contributed by atoms with E-state index in [9.17, 15) is 9.59 Å². The van der Waals surface area contributed by atoms with E-state index >= 15 is 0 Å². The first-order chi connectivity index (χ1) is 18.1. The minimum atomic E-state index is -0.202. The maximum Gasteiger partial charge on any atom is 0.271 e. The van der Waals surface area contributed by atoms with Gasteiger partial charge in [-0.3, -0.25) is 9.59 Å². The quantitative estimate of drug-likeness (QED) is 0.337. The zero-order valence-corrected chi connectivity index (χ0v) is 21.5. The zero-order valence-electron chi connectivity index (χ0n) is 20.7. The van der Waals surface area contributed by atoms with Crippen LogP contribution in [0.15, 0.2) is 84.2 Å². The Balaban J connectivity index is 1.28. The molecule has 0 saturated heterocycles. The van der Waals surface area contributed by atoms with Gasteiger partial charge in [0.25, 0.3) is 5.91 Å². The lowest BCUT2D eigenvalue weighted by Gasteiger charge is -2.38. The van der Waals surface area contributed by atoms with Crippen molar-refractivity contribution in [3.63, 3.8) is 0 Å². The van der Waals surface area contributed by atoms with Crippen LogP contribution < -0.4 is 10.1 Å². The van der Waals surface area contributed by atoms with E-state index in [-0.39, 0.29) is 24.5 Å². The number of rotatable bonds is 8. The highest BCUT2D eigenvalue weighted by atomic mass is 32.1. The van der Waals surface area contributed by atoms with Crippen LogP contribution in [0, 0.1) is 0 Å². The third kappa shape index (κ3) is 5.73. The summed E-state index contributed by atoms with van der Waals surface area (Å²) in [6.07, 6.45) is 1.29. The van der Waals surface area contributed by atoms with Crippen molar-refractivity contribution in [2.24, 2.45) is 0 Å². The summed E-state index contributed by atoms with van der Waals surface area (Å²) in [5.41, 5.74) is 4.84. The Morgan fingerprint density at radius 3 is 2.57 bits per heavy atom. The van der Waals surface area contributed by atoms with Crippen molar-refractivity contribution in [2.75, 3.05) is 6.54 Å². The van der Waals surface area contributed by atoms with Crippen LogP contribution in [0.5, 0.6) is 5.75 Å². The van der Waals surface area contributed by atoms with Gasteiger partial charge in [-0.25, -0.2) is 4.98 Å². The molecule has 1 aromatic heterocycles. The largest absolute Gasteiger partial charge is 0.486 e. The maximum absolute atomic E-state index is 12.8. The molecule has 1 unspecified atom stereocenters. The molecule has 7 heteroatoms. The predicted molar refractivity (Wildman–Crippen MR) is 144 cm³/mol. The Hall–Kier alpha value is -3.97. The number of fused-ring (bicyclic) bond motifs is 1. The van der Waals surface area contributed by atoms with Gasteiger partial charge in [0.2, 0.25) is 5.91 Å². The van der Waals surface area contributed by atoms with E-state index < -0.39 is 0 Å². The van der Waals surface area contributed by atoms with Crippen molar-refractivity contribution in [3.8, 4) is 5.75 Å². The summed E-state index contributed by atoms with van der Waals surface area (Å²) in [5.74, 6) is 0.661. The fourth-order valence-electron chi connectivity index (χ4n) is 4.64.